The van der Waals surface area contributed by atoms with Gasteiger partial charge in [0.05, 0.1) is 18.8 Å². The summed E-state index contributed by atoms with van der Waals surface area (Å²) in [6, 6.07) is 5.75. The molecule has 0 saturated heterocycles. The van der Waals surface area contributed by atoms with Gasteiger partial charge in [-0.3, -0.25) is 4.79 Å². The second-order valence-corrected chi connectivity index (χ2v) is 5.51. The van der Waals surface area contributed by atoms with Gasteiger partial charge in [0, 0.05) is 6.42 Å². The standard InChI is InChI=1S/C16H26N2O3/c1-6-18-16(4,15(17)19)10-12(3)21-13-8-7-11(2)9-14(13)20-5/h7-9,12,18H,6,10H2,1-5H3,(H2,17,19). The number of methoxy groups -OCH3 is 1. The Morgan fingerprint density at radius 3 is 2.62 bits per heavy atom. The molecule has 1 aromatic rings. The van der Waals surface area contributed by atoms with E-state index in [-0.39, 0.29) is 12.0 Å². The number of hydrogen-bond donors (Lipinski definition) is 2. The molecule has 118 valence electrons. The topological polar surface area (TPSA) is 73.6 Å². The lowest BCUT2D eigenvalue weighted by Crippen LogP contribution is -2.55. The van der Waals surface area contributed by atoms with Gasteiger partial charge in [-0.25, -0.2) is 0 Å². The van der Waals surface area contributed by atoms with Crippen LogP contribution in [-0.4, -0.2) is 31.2 Å². The Hall–Kier alpha value is -1.75. The summed E-state index contributed by atoms with van der Waals surface area (Å²) in [4.78, 5) is 11.6. The Kier molecular flexibility index (Phi) is 6.03. The van der Waals surface area contributed by atoms with Crippen LogP contribution in [0.4, 0.5) is 0 Å². The zero-order chi connectivity index (χ0) is 16.0. The molecule has 0 heterocycles. The van der Waals surface area contributed by atoms with E-state index in [0.29, 0.717) is 24.5 Å². The molecule has 2 atom stereocenters. The molecule has 1 amide bonds. The van der Waals surface area contributed by atoms with Gasteiger partial charge in [0.25, 0.3) is 0 Å². The smallest absolute Gasteiger partial charge is 0.237 e. The zero-order valence-corrected chi connectivity index (χ0v) is 13.5. The Morgan fingerprint density at radius 2 is 2.10 bits per heavy atom. The van der Waals surface area contributed by atoms with E-state index < -0.39 is 5.54 Å². The Balaban J connectivity index is 2.81. The predicted molar refractivity (Wildman–Crippen MR) is 83.7 cm³/mol. The van der Waals surface area contributed by atoms with Gasteiger partial charge in [-0.15, -0.1) is 0 Å². The van der Waals surface area contributed by atoms with Crippen LogP contribution in [-0.2, 0) is 4.79 Å². The molecule has 0 aliphatic carbocycles. The van der Waals surface area contributed by atoms with Crippen molar-refractivity contribution in [3.8, 4) is 11.5 Å². The molecule has 0 spiro atoms. The van der Waals surface area contributed by atoms with Gasteiger partial charge < -0.3 is 20.5 Å². The molecule has 21 heavy (non-hydrogen) atoms. The molecule has 0 fully saturated rings. The van der Waals surface area contributed by atoms with E-state index in [1.54, 1.807) is 14.0 Å². The van der Waals surface area contributed by atoms with E-state index in [1.165, 1.54) is 0 Å². The summed E-state index contributed by atoms with van der Waals surface area (Å²) in [5.41, 5.74) is 5.81. The molecule has 5 nitrogen and oxygen atoms in total. The van der Waals surface area contributed by atoms with E-state index in [0.717, 1.165) is 5.56 Å². The molecule has 1 rings (SSSR count). The predicted octanol–water partition coefficient (Wildman–Crippen LogP) is 2.01. The summed E-state index contributed by atoms with van der Waals surface area (Å²) in [7, 11) is 1.61. The summed E-state index contributed by atoms with van der Waals surface area (Å²) in [5, 5.41) is 3.13. The van der Waals surface area contributed by atoms with Crippen LogP contribution < -0.4 is 20.5 Å². The van der Waals surface area contributed by atoms with Crippen molar-refractivity contribution in [2.24, 2.45) is 5.73 Å². The fraction of sp³-hybridized carbons (Fsp3) is 0.562. The molecule has 0 aliphatic heterocycles. The van der Waals surface area contributed by atoms with Gasteiger partial charge in [-0.1, -0.05) is 13.0 Å². The first-order chi connectivity index (χ1) is 9.82. The maximum Gasteiger partial charge on any atom is 0.237 e. The highest BCUT2D eigenvalue weighted by atomic mass is 16.5. The number of benzene rings is 1. The van der Waals surface area contributed by atoms with E-state index in [9.17, 15) is 4.79 Å². The molecule has 2 unspecified atom stereocenters. The Labute approximate surface area is 126 Å². The first-order valence-corrected chi connectivity index (χ1v) is 7.18. The summed E-state index contributed by atoms with van der Waals surface area (Å²) >= 11 is 0. The first kappa shape index (κ1) is 17.3. The lowest BCUT2D eigenvalue weighted by atomic mass is 9.94. The van der Waals surface area contributed by atoms with Crippen LogP contribution in [0.15, 0.2) is 18.2 Å². The molecule has 1 aromatic carbocycles. The number of likely N-dealkylation sites (N-methyl/N-ethyl adjacent to an activating group) is 1. The molecule has 0 bridgehead atoms. The second-order valence-electron chi connectivity index (χ2n) is 5.51. The van der Waals surface area contributed by atoms with Crippen LogP contribution >= 0.6 is 0 Å². The maximum absolute atomic E-state index is 11.6. The molecular weight excluding hydrogens is 268 g/mol. The van der Waals surface area contributed by atoms with E-state index in [1.807, 2.05) is 39.0 Å². The number of carbonyl (C=O) groups is 1. The quantitative estimate of drug-likeness (QED) is 0.769. The lowest BCUT2D eigenvalue weighted by Gasteiger charge is -2.30. The van der Waals surface area contributed by atoms with Crippen LogP contribution in [0.25, 0.3) is 0 Å². The summed E-state index contributed by atoms with van der Waals surface area (Å²) in [6.07, 6.45) is 0.297. The normalized spacial score (nSPS) is 15.1. The van der Waals surface area contributed by atoms with Crippen molar-refractivity contribution in [1.29, 1.82) is 0 Å². The fourth-order valence-electron chi connectivity index (χ4n) is 2.36. The number of hydrogen-bond acceptors (Lipinski definition) is 4. The van der Waals surface area contributed by atoms with Crippen molar-refractivity contribution in [2.45, 2.75) is 45.8 Å². The van der Waals surface area contributed by atoms with Gasteiger partial charge >= 0.3 is 0 Å². The SMILES string of the molecule is CCNC(C)(CC(C)Oc1ccc(C)cc1OC)C(N)=O. The largest absolute Gasteiger partial charge is 0.493 e. The first-order valence-electron chi connectivity index (χ1n) is 7.18. The summed E-state index contributed by atoms with van der Waals surface area (Å²) in [6.45, 7) is 8.31. The Morgan fingerprint density at radius 1 is 1.43 bits per heavy atom. The van der Waals surface area contributed by atoms with E-state index >= 15 is 0 Å². The maximum atomic E-state index is 11.6. The minimum atomic E-state index is -0.786. The molecule has 3 N–H and O–H groups in total. The van der Waals surface area contributed by atoms with Crippen LogP contribution in [0, 0.1) is 6.92 Å². The van der Waals surface area contributed by atoms with Crippen molar-refractivity contribution in [2.75, 3.05) is 13.7 Å². The third-order valence-corrected chi connectivity index (χ3v) is 3.45. The van der Waals surface area contributed by atoms with Crippen LogP contribution in [0.5, 0.6) is 11.5 Å². The van der Waals surface area contributed by atoms with Crippen LogP contribution in [0.1, 0.15) is 32.8 Å². The number of nitrogens with one attached hydrogen (secondary N) is 1. The number of carbonyl (C=O) groups excluding carboxylic acids is 1. The molecule has 0 aromatic heterocycles. The van der Waals surface area contributed by atoms with Gasteiger partial charge in [0.1, 0.15) is 0 Å². The van der Waals surface area contributed by atoms with Crippen LogP contribution in [0.3, 0.4) is 0 Å². The molecule has 5 heteroatoms. The average Bonchev–Trinajstić information content (AvgIpc) is 2.40. The minimum Gasteiger partial charge on any atom is -0.493 e. The monoisotopic (exact) mass is 294 g/mol. The highest BCUT2D eigenvalue weighted by Gasteiger charge is 2.32. The van der Waals surface area contributed by atoms with Crippen molar-refractivity contribution < 1.29 is 14.3 Å². The number of aryl methyl sites for hydroxylation is 1. The van der Waals surface area contributed by atoms with Gasteiger partial charge in [-0.2, -0.15) is 0 Å². The highest BCUT2D eigenvalue weighted by molar-refractivity contribution is 5.84. The number of ether oxygens (including phenoxy) is 2. The van der Waals surface area contributed by atoms with E-state index in [2.05, 4.69) is 5.32 Å². The van der Waals surface area contributed by atoms with Crippen molar-refractivity contribution in [3.63, 3.8) is 0 Å². The molecule has 0 aliphatic rings. The van der Waals surface area contributed by atoms with Crippen molar-refractivity contribution in [1.82, 2.24) is 5.32 Å². The number of primary amides is 1. The number of amides is 1. The van der Waals surface area contributed by atoms with Crippen LogP contribution in [0.2, 0.25) is 0 Å². The second kappa shape index (κ2) is 7.31. The summed E-state index contributed by atoms with van der Waals surface area (Å²) in [5.74, 6) is 0.973. The van der Waals surface area contributed by atoms with Gasteiger partial charge in [0.2, 0.25) is 5.91 Å². The third kappa shape index (κ3) is 4.63. The number of rotatable bonds is 8. The van der Waals surface area contributed by atoms with Gasteiger partial charge in [-0.05, 0) is 45.0 Å². The zero-order valence-electron chi connectivity index (χ0n) is 13.5. The minimum absolute atomic E-state index is 0.182. The average molecular weight is 294 g/mol. The van der Waals surface area contributed by atoms with Crippen molar-refractivity contribution >= 4 is 5.91 Å². The molecular formula is C16H26N2O3. The lowest BCUT2D eigenvalue weighted by molar-refractivity contribution is -0.124. The molecule has 0 saturated carbocycles. The molecule has 0 radical (unpaired) electrons. The fourth-order valence-corrected chi connectivity index (χ4v) is 2.36. The third-order valence-electron chi connectivity index (χ3n) is 3.45. The highest BCUT2D eigenvalue weighted by Crippen LogP contribution is 2.29. The summed E-state index contributed by atoms with van der Waals surface area (Å²) < 4.78 is 11.2. The van der Waals surface area contributed by atoms with Crippen molar-refractivity contribution in [3.05, 3.63) is 23.8 Å². The number of nitrogens with two attached hydrogens (primary N) is 1. The van der Waals surface area contributed by atoms with Gasteiger partial charge in [0.15, 0.2) is 11.5 Å². The Bertz CT molecular complexity index is 490. The van der Waals surface area contributed by atoms with E-state index in [4.69, 9.17) is 15.2 Å².